The Balaban J connectivity index is 2.30. The average Bonchev–Trinajstić information content (AvgIpc) is 2.16. The molecule has 5 heteroatoms. The van der Waals surface area contributed by atoms with Gasteiger partial charge in [0.25, 0.3) is 0 Å². The lowest BCUT2D eigenvalue weighted by Gasteiger charge is -2.29. The van der Waals surface area contributed by atoms with Crippen molar-refractivity contribution in [1.82, 2.24) is 10.6 Å². The summed E-state index contributed by atoms with van der Waals surface area (Å²) in [7, 11) is 0. The van der Waals surface area contributed by atoms with E-state index in [1.54, 1.807) is 0 Å². The van der Waals surface area contributed by atoms with Crippen molar-refractivity contribution in [1.29, 1.82) is 0 Å². The number of hydrogen-bond acceptors (Lipinski definition) is 2. The molecule has 0 saturated carbocycles. The smallest absolute Gasteiger partial charge is 0.234 e. The van der Waals surface area contributed by atoms with Crippen LogP contribution in [0.15, 0.2) is 0 Å². The van der Waals surface area contributed by atoms with Gasteiger partial charge in [-0.3, -0.25) is 9.59 Å². The first-order valence-electron chi connectivity index (χ1n) is 4.75. The summed E-state index contributed by atoms with van der Waals surface area (Å²) in [4.78, 5) is 21.9. The Bertz CT molecular complexity index is 233. The zero-order valence-electron chi connectivity index (χ0n) is 8.18. The standard InChI is InChI=1S/C9H15ClN2O2/c1-6-7(2-3-8(13)12-6)5-11-9(14)4-10/h6-7H,2-5H2,1H3,(H,11,14)(H,12,13). The highest BCUT2D eigenvalue weighted by Crippen LogP contribution is 2.15. The van der Waals surface area contributed by atoms with E-state index in [1.807, 2.05) is 6.92 Å². The molecule has 1 rings (SSSR count). The second-order valence-corrected chi connectivity index (χ2v) is 3.86. The highest BCUT2D eigenvalue weighted by molar-refractivity contribution is 6.27. The summed E-state index contributed by atoms with van der Waals surface area (Å²) in [5.74, 6) is 0.251. The molecule has 2 amide bonds. The van der Waals surface area contributed by atoms with Gasteiger partial charge in [0.2, 0.25) is 11.8 Å². The van der Waals surface area contributed by atoms with Crippen LogP contribution in [0.2, 0.25) is 0 Å². The van der Waals surface area contributed by atoms with Crippen LogP contribution < -0.4 is 10.6 Å². The van der Waals surface area contributed by atoms with Crippen molar-refractivity contribution in [2.24, 2.45) is 5.92 Å². The molecular weight excluding hydrogens is 204 g/mol. The van der Waals surface area contributed by atoms with Crippen LogP contribution >= 0.6 is 11.6 Å². The van der Waals surface area contributed by atoms with Gasteiger partial charge in [0, 0.05) is 19.0 Å². The molecular formula is C9H15ClN2O2. The Hall–Kier alpha value is -0.770. The number of carbonyl (C=O) groups is 2. The van der Waals surface area contributed by atoms with Gasteiger partial charge in [0.1, 0.15) is 5.88 Å². The number of amides is 2. The third kappa shape index (κ3) is 3.18. The fourth-order valence-corrected chi connectivity index (χ4v) is 1.68. The maximum atomic E-state index is 11.0. The van der Waals surface area contributed by atoms with E-state index >= 15 is 0 Å². The van der Waals surface area contributed by atoms with Gasteiger partial charge in [0.05, 0.1) is 0 Å². The molecule has 2 atom stereocenters. The van der Waals surface area contributed by atoms with Crippen LogP contribution in [0.3, 0.4) is 0 Å². The molecule has 1 aliphatic heterocycles. The van der Waals surface area contributed by atoms with E-state index in [2.05, 4.69) is 10.6 Å². The van der Waals surface area contributed by atoms with Gasteiger partial charge in [-0.2, -0.15) is 0 Å². The third-order valence-electron chi connectivity index (χ3n) is 2.52. The zero-order chi connectivity index (χ0) is 10.6. The summed E-state index contributed by atoms with van der Waals surface area (Å²) in [5.41, 5.74) is 0. The quantitative estimate of drug-likeness (QED) is 0.668. The summed E-state index contributed by atoms with van der Waals surface area (Å²) in [5, 5.41) is 5.57. The van der Waals surface area contributed by atoms with Crippen molar-refractivity contribution in [2.45, 2.75) is 25.8 Å². The lowest BCUT2D eigenvalue weighted by molar-refractivity contribution is -0.124. The Morgan fingerprint density at radius 1 is 1.71 bits per heavy atom. The van der Waals surface area contributed by atoms with Gasteiger partial charge in [0.15, 0.2) is 0 Å². The molecule has 1 heterocycles. The van der Waals surface area contributed by atoms with Gasteiger partial charge in [-0.1, -0.05) is 0 Å². The number of halogens is 1. The largest absolute Gasteiger partial charge is 0.355 e. The van der Waals surface area contributed by atoms with Gasteiger partial charge in [-0.25, -0.2) is 0 Å². The van der Waals surface area contributed by atoms with Gasteiger partial charge in [-0.05, 0) is 19.3 Å². The molecule has 0 radical (unpaired) electrons. The normalized spacial score (nSPS) is 26.9. The second kappa shape index (κ2) is 5.20. The number of rotatable bonds is 3. The van der Waals surface area contributed by atoms with E-state index in [-0.39, 0.29) is 23.7 Å². The van der Waals surface area contributed by atoms with E-state index in [1.165, 1.54) is 0 Å². The van der Waals surface area contributed by atoms with Crippen molar-refractivity contribution >= 4 is 23.4 Å². The van der Waals surface area contributed by atoms with Crippen LogP contribution in [0, 0.1) is 5.92 Å². The van der Waals surface area contributed by atoms with Gasteiger partial charge >= 0.3 is 0 Å². The van der Waals surface area contributed by atoms with Crippen molar-refractivity contribution in [3.63, 3.8) is 0 Å². The zero-order valence-corrected chi connectivity index (χ0v) is 8.93. The predicted molar refractivity (Wildman–Crippen MR) is 54.1 cm³/mol. The maximum Gasteiger partial charge on any atom is 0.234 e. The predicted octanol–water partition coefficient (Wildman–Crippen LogP) is 0.256. The van der Waals surface area contributed by atoms with E-state index in [4.69, 9.17) is 11.6 Å². The Labute approximate surface area is 88.4 Å². The number of alkyl halides is 1. The monoisotopic (exact) mass is 218 g/mol. The third-order valence-corrected chi connectivity index (χ3v) is 2.76. The van der Waals surface area contributed by atoms with Crippen LogP contribution in [-0.4, -0.2) is 30.3 Å². The summed E-state index contributed by atoms with van der Waals surface area (Å²) in [6.45, 7) is 2.54. The summed E-state index contributed by atoms with van der Waals surface area (Å²) in [6.07, 6.45) is 1.38. The summed E-state index contributed by atoms with van der Waals surface area (Å²) in [6, 6.07) is 0.131. The van der Waals surface area contributed by atoms with E-state index in [0.29, 0.717) is 18.9 Å². The molecule has 0 bridgehead atoms. The maximum absolute atomic E-state index is 11.0. The van der Waals surface area contributed by atoms with Crippen LogP contribution in [-0.2, 0) is 9.59 Å². The lowest BCUT2D eigenvalue weighted by atomic mass is 9.91. The first-order valence-corrected chi connectivity index (χ1v) is 5.29. The van der Waals surface area contributed by atoms with Crippen LogP contribution in [0.25, 0.3) is 0 Å². The van der Waals surface area contributed by atoms with Crippen molar-refractivity contribution in [3.05, 3.63) is 0 Å². The molecule has 1 fully saturated rings. The Kier molecular flexibility index (Phi) is 4.20. The molecule has 0 aliphatic carbocycles. The van der Waals surface area contributed by atoms with Gasteiger partial charge < -0.3 is 10.6 Å². The van der Waals surface area contributed by atoms with E-state index in [0.717, 1.165) is 6.42 Å². The highest BCUT2D eigenvalue weighted by atomic mass is 35.5. The SMILES string of the molecule is CC1NC(=O)CCC1CNC(=O)CCl. The molecule has 0 aromatic heterocycles. The first kappa shape index (κ1) is 11.3. The molecule has 0 aromatic carbocycles. The molecule has 4 nitrogen and oxygen atoms in total. The summed E-state index contributed by atoms with van der Waals surface area (Å²) >= 11 is 5.35. The minimum absolute atomic E-state index is 0.00649. The molecule has 2 N–H and O–H groups in total. The summed E-state index contributed by atoms with van der Waals surface area (Å²) < 4.78 is 0. The lowest BCUT2D eigenvalue weighted by Crippen LogP contribution is -2.47. The topological polar surface area (TPSA) is 58.2 Å². The number of piperidine rings is 1. The Morgan fingerprint density at radius 2 is 2.43 bits per heavy atom. The number of nitrogens with one attached hydrogen (secondary N) is 2. The van der Waals surface area contributed by atoms with E-state index < -0.39 is 0 Å². The van der Waals surface area contributed by atoms with Gasteiger partial charge in [-0.15, -0.1) is 11.6 Å². The van der Waals surface area contributed by atoms with Crippen LogP contribution in [0.5, 0.6) is 0 Å². The number of carbonyl (C=O) groups excluding carboxylic acids is 2. The molecule has 0 aromatic rings. The molecule has 14 heavy (non-hydrogen) atoms. The molecule has 0 spiro atoms. The Morgan fingerprint density at radius 3 is 3.00 bits per heavy atom. The molecule has 2 unspecified atom stereocenters. The fraction of sp³-hybridized carbons (Fsp3) is 0.778. The van der Waals surface area contributed by atoms with Crippen molar-refractivity contribution < 1.29 is 9.59 Å². The van der Waals surface area contributed by atoms with Crippen LogP contribution in [0.4, 0.5) is 0 Å². The molecule has 1 aliphatic rings. The fourth-order valence-electron chi connectivity index (χ4n) is 1.58. The van der Waals surface area contributed by atoms with Crippen molar-refractivity contribution in [3.8, 4) is 0 Å². The minimum atomic E-state index is -0.157. The number of hydrogen-bond donors (Lipinski definition) is 2. The van der Waals surface area contributed by atoms with Crippen molar-refractivity contribution in [2.75, 3.05) is 12.4 Å². The van der Waals surface area contributed by atoms with Crippen LogP contribution in [0.1, 0.15) is 19.8 Å². The highest BCUT2D eigenvalue weighted by Gasteiger charge is 2.24. The first-order chi connectivity index (χ1) is 6.63. The second-order valence-electron chi connectivity index (χ2n) is 3.59. The minimum Gasteiger partial charge on any atom is -0.355 e. The molecule has 1 saturated heterocycles. The molecule has 80 valence electrons. The van der Waals surface area contributed by atoms with E-state index in [9.17, 15) is 9.59 Å². The average molecular weight is 219 g/mol.